The number of hydrogen-bond donors (Lipinski definition) is 0. The zero-order valence-corrected chi connectivity index (χ0v) is 18.8. The third-order valence-corrected chi connectivity index (χ3v) is 6.34. The molecule has 1 aromatic heterocycles. The molecule has 0 spiro atoms. The van der Waals surface area contributed by atoms with Gasteiger partial charge in [0.15, 0.2) is 0 Å². The lowest BCUT2D eigenvalue weighted by molar-refractivity contribution is -0.140. The number of likely N-dealkylation sites (tertiary alicyclic amines) is 1. The molecule has 2 aromatic carbocycles. The van der Waals surface area contributed by atoms with Crippen molar-refractivity contribution in [3.05, 3.63) is 100 Å². The molecule has 5 heteroatoms. The van der Waals surface area contributed by atoms with Gasteiger partial charge in [-0.3, -0.25) is 9.78 Å². The second kappa shape index (κ2) is 10.3. The smallest absolute Gasteiger partial charge is 0.223 e. The molecule has 0 N–H and O–H groups in total. The minimum absolute atomic E-state index is 0.0969. The van der Waals surface area contributed by atoms with Crippen LogP contribution >= 0.6 is 23.2 Å². The molecule has 0 bridgehead atoms. The Morgan fingerprint density at radius 2 is 1.52 bits per heavy atom. The van der Waals surface area contributed by atoms with E-state index in [1.165, 1.54) is 18.4 Å². The first-order valence-corrected chi connectivity index (χ1v) is 11.6. The summed E-state index contributed by atoms with van der Waals surface area (Å²) in [4.78, 5) is 19.6. The average molecular weight is 453 g/mol. The Labute approximate surface area is 194 Å². The van der Waals surface area contributed by atoms with Gasteiger partial charge in [-0.2, -0.15) is 0 Å². The van der Waals surface area contributed by atoms with Crippen molar-refractivity contribution in [3.63, 3.8) is 0 Å². The van der Waals surface area contributed by atoms with E-state index in [9.17, 15) is 4.79 Å². The fraction of sp³-hybridized carbons (Fsp3) is 0.308. The van der Waals surface area contributed by atoms with E-state index in [0.717, 1.165) is 28.6 Å². The zero-order chi connectivity index (χ0) is 21.6. The molecule has 1 saturated carbocycles. The molecule has 2 aliphatic rings. The minimum Gasteiger partial charge on any atom is -0.327 e. The summed E-state index contributed by atoms with van der Waals surface area (Å²) in [5.74, 6) is 0.792. The van der Waals surface area contributed by atoms with Crippen LogP contribution in [0, 0.1) is 5.92 Å². The van der Waals surface area contributed by atoms with Crippen LogP contribution in [-0.4, -0.2) is 15.8 Å². The van der Waals surface area contributed by atoms with Gasteiger partial charge in [0.25, 0.3) is 0 Å². The van der Waals surface area contributed by atoms with E-state index in [4.69, 9.17) is 23.2 Å². The highest BCUT2D eigenvalue weighted by atomic mass is 35.5. The molecule has 1 unspecified atom stereocenters. The van der Waals surface area contributed by atoms with E-state index in [0.29, 0.717) is 12.3 Å². The molecule has 1 aliphatic heterocycles. The van der Waals surface area contributed by atoms with Crippen LogP contribution in [0.4, 0.5) is 0 Å². The van der Waals surface area contributed by atoms with Gasteiger partial charge in [0.05, 0.1) is 17.8 Å². The highest BCUT2D eigenvalue weighted by molar-refractivity contribution is 6.30. The summed E-state index contributed by atoms with van der Waals surface area (Å²) in [7, 11) is 0. The number of aromatic nitrogens is 1. The normalized spacial score (nSPS) is 19.4. The van der Waals surface area contributed by atoms with Gasteiger partial charge in [-0.05, 0) is 73.6 Å². The molecule has 0 radical (unpaired) electrons. The number of carbonyl (C=O) groups is 1. The molecular weight excluding hydrogens is 427 g/mol. The summed E-state index contributed by atoms with van der Waals surface area (Å²) < 4.78 is 0. The Morgan fingerprint density at radius 1 is 0.839 bits per heavy atom. The van der Waals surface area contributed by atoms with Crippen molar-refractivity contribution in [3.8, 4) is 0 Å². The maximum atomic E-state index is 12.9. The Bertz CT molecular complexity index is 975. The summed E-state index contributed by atoms with van der Waals surface area (Å²) >= 11 is 11.6. The Hall–Kier alpha value is -2.36. The molecule has 160 valence electrons. The van der Waals surface area contributed by atoms with Crippen molar-refractivity contribution in [1.82, 2.24) is 9.88 Å². The van der Waals surface area contributed by atoms with Crippen LogP contribution in [0.25, 0.3) is 0 Å². The molecule has 3 aromatic rings. The molecular formula is C26H26Cl2N2O. The van der Waals surface area contributed by atoms with E-state index in [-0.39, 0.29) is 18.0 Å². The largest absolute Gasteiger partial charge is 0.327 e. The van der Waals surface area contributed by atoms with E-state index in [1.807, 2.05) is 60.8 Å². The van der Waals surface area contributed by atoms with Crippen LogP contribution in [0.2, 0.25) is 10.0 Å². The van der Waals surface area contributed by atoms with Gasteiger partial charge in [-0.15, -0.1) is 0 Å². The highest BCUT2D eigenvalue weighted by Crippen LogP contribution is 2.49. The molecule has 2 fully saturated rings. The van der Waals surface area contributed by atoms with Crippen molar-refractivity contribution >= 4 is 29.1 Å². The van der Waals surface area contributed by atoms with Crippen LogP contribution in [0.3, 0.4) is 0 Å². The van der Waals surface area contributed by atoms with E-state index in [2.05, 4.69) is 28.1 Å². The molecule has 1 amide bonds. The predicted octanol–water partition coefficient (Wildman–Crippen LogP) is 7.28. The SMILES string of the molecule is Clc1ccccc1.O=C1CCC[C@@H](c2ccc(Cl)cc2)N1C(c1ccccn1)C1CC1. The van der Waals surface area contributed by atoms with Gasteiger partial charge < -0.3 is 4.90 Å². The van der Waals surface area contributed by atoms with Crippen LogP contribution in [0.5, 0.6) is 0 Å². The number of benzene rings is 2. The van der Waals surface area contributed by atoms with Gasteiger partial charge in [0.1, 0.15) is 0 Å². The summed E-state index contributed by atoms with van der Waals surface area (Å²) in [5, 5.41) is 1.53. The quantitative estimate of drug-likeness (QED) is 0.416. The van der Waals surface area contributed by atoms with Crippen LogP contribution < -0.4 is 0 Å². The van der Waals surface area contributed by atoms with Gasteiger partial charge in [-0.25, -0.2) is 0 Å². The zero-order valence-electron chi connectivity index (χ0n) is 17.3. The van der Waals surface area contributed by atoms with Crippen molar-refractivity contribution in [1.29, 1.82) is 0 Å². The fourth-order valence-electron chi connectivity index (χ4n) is 4.24. The Morgan fingerprint density at radius 3 is 2.10 bits per heavy atom. The number of nitrogens with zero attached hydrogens (tertiary/aromatic N) is 2. The number of halogens is 2. The first-order valence-electron chi connectivity index (χ1n) is 10.8. The van der Waals surface area contributed by atoms with Crippen LogP contribution in [-0.2, 0) is 4.79 Å². The number of rotatable bonds is 4. The lowest BCUT2D eigenvalue weighted by Gasteiger charge is -2.41. The molecule has 1 aliphatic carbocycles. The molecule has 5 rings (SSSR count). The number of hydrogen-bond acceptors (Lipinski definition) is 2. The van der Waals surface area contributed by atoms with Crippen molar-refractivity contribution in [2.24, 2.45) is 5.92 Å². The van der Waals surface area contributed by atoms with Crippen molar-refractivity contribution < 1.29 is 4.79 Å². The fourth-order valence-corrected chi connectivity index (χ4v) is 4.51. The third-order valence-electron chi connectivity index (χ3n) is 5.84. The van der Waals surface area contributed by atoms with Gasteiger partial charge >= 0.3 is 0 Å². The summed E-state index contributed by atoms with van der Waals surface area (Å²) in [5.41, 5.74) is 2.20. The van der Waals surface area contributed by atoms with Crippen LogP contribution in [0.15, 0.2) is 79.0 Å². The van der Waals surface area contributed by atoms with E-state index >= 15 is 0 Å². The molecule has 1 saturated heterocycles. The second-order valence-electron chi connectivity index (χ2n) is 8.09. The van der Waals surface area contributed by atoms with Crippen molar-refractivity contribution in [2.75, 3.05) is 0 Å². The lowest BCUT2D eigenvalue weighted by Crippen LogP contribution is -2.42. The van der Waals surface area contributed by atoms with Crippen LogP contribution in [0.1, 0.15) is 55.4 Å². The highest BCUT2D eigenvalue weighted by Gasteiger charge is 2.43. The predicted molar refractivity (Wildman–Crippen MR) is 126 cm³/mol. The third kappa shape index (κ3) is 5.66. The first kappa shape index (κ1) is 21.9. The maximum Gasteiger partial charge on any atom is 0.223 e. The van der Waals surface area contributed by atoms with Crippen molar-refractivity contribution in [2.45, 2.75) is 44.2 Å². The average Bonchev–Trinajstić information content (AvgIpc) is 3.63. The Balaban J connectivity index is 0.000000282. The number of carbonyl (C=O) groups excluding carboxylic acids is 1. The molecule has 2 atom stereocenters. The summed E-state index contributed by atoms with van der Waals surface area (Å²) in [6.45, 7) is 0. The van der Waals surface area contributed by atoms with E-state index in [1.54, 1.807) is 0 Å². The molecule has 31 heavy (non-hydrogen) atoms. The topological polar surface area (TPSA) is 33.2 Å². The monoisotopic (exact) mass is 452 g/mol. The standard InChI is InChI=1S/C20H21ClN2O.C6H5Cl/c21-16-11-9-14(10-12-16)18-5-3-6-19(24)23(18)20(15-7-8-15)17-4-1-2-13-22-17;7-6-4-2-1-3-5-6/h1-2,4,9-13,15,18,20H,3,5-8H2;1-5H/t18-,20?;/m0./s1. The summed E-state index contributed by atoms with van der Waals surface area (Å²) in [6, 6.07) is 23.6. The minimum atomic E-state index is 0.0969. The first-order chi connectivity index (χ1) is 15.1. The van der Waals surface area contributed by atoms with Gasteiger partial charge in [0.2, 0.25) is 5.91 Å². The number of amides is 1. The van der Waals surface area contributed by atoms with Gasteiger partial charge in [-0.1, -0.05) is 59.6 Å². The Kier molecular flexibility index (Phi) is 7.26. The summed E-state index contributed by atoms with van der Waals surface area (Å²) in [6.07, 6.45) is 6.78. The number of pyridine rings is 1. The van der Waals surface area contributed by atoms with Gasteiger partial charge in [0, 0.05) is 22.7 Å². The second-order valence-corrected chi connectivity index (χ2v) is 8.97. The maximum absolute atomic E-state index is 12.9. The lowest BCUT2D eigenvalue weighted by atomic mass is 9.91. The molecule has 2 heterocycles. The molecule has 3 nitrogen and oxygen atoms in total. The van der Waals surface area contributed by atoms with E-state index < -0.39 is 0 Å². The number of piperidine rings is 1.